The van der Waals surface area contributed by atoms with Crippen molar-refractivity contribution in [3.63, 3.8) is 0 Å². The predicted molar refractivity (Wildman–Crippen MR) is 78.0 cm³/mol. The molecule has 0 aliphatic rings. The highest BCUT2D eigenvalue weighted by atomic mass is 16.5. The van der Waals surface area contributed by atoms with Crippen molar-refractivity contribution in [3.8, 4) is 0 Å². The number of hydrogen-bond acceptors (Lipinski definition) is 2. The zero-order valence-corrected chi connectivity index (χ0v) is 12.4. The Kier molecular flexibility index (Phi) is 6.37. The number of likely N-dealkylation sites (N-methyl/N-ethyl adjacent to an activating group) is 1. The smallest absolute Gasteiger partial charge is 0.0767 e. The van der Waals surface area contributed by atoms with Crippen molar-refractivity contribution >= 4 is 0 Å². The van der Waals surface area contributed by atoms with E-state index in [1.165, 1.54) is 16.7 Å². The molecule has 0 fully saturated rings. The SMILES string of the molecule is CCNC(c1cccc(C)c1C)C(CC)OCC. The van der Waals surface area contributed by atoms with E-state index in [2.05, 4.69) is 58.1 Å². The Morgan fingerprint density at radius 3 is 2.44 bits per heavy atom. The fourth-order valence-corrected chi connectivity index (χ4v) is 2.44. The Hall–Kier alpha value is -0.860. The summed E-state index contributed by atoms with van der Waals surface area (Å²) in [5.74, 6) is 0. The number of benzene rings is 1. The molecule has 0 radical (unpaired) electrons. The van der Waals surface area contributed by atoms with Crippen molar-refractivity contribution in [1.29, 1.82) is 0 Å². The van der Waals surface area contributed by atoms with Gasteiger partial charge in [-0.15, -0.1) is 0 Å². The minimum Gasteiger partial charge on any atom is -0.377 e. The first-order valence-corrected chi connectivity index (χ1v) is 7.06. The van der Waals surface area contributed by atoms with Gasteiger partial charge in [0.05, 0.1) is 12.1 Å². The van der Waals surface area contributed by atoms with Gasteiger partial charge in [-0.3, -0.25) is 0 Å². The largest absolute Gasteiger partial charge is 0.377 e. The Bertz CT molecular complexity index is 362. The second-order valence-electron chi connectivity index (χ2n) is 4.73. The summed E-state index contributed by atoms with van der Waals surface area (Å²) in [7, 11) is 0. The maximum atomic E-state index is 5.89. The highest BCUT2D eigenvalue weighted by molar-refractivity contribution is 5.36. The molecule has 0 saturated heterocycles. The van der Waals surface area contributed by atoms with Crippen molar-refractivity contribution in [1.82, 2.24) is 5.32 Å². The first-order chi connectivity index (χ1) is 8.65. The zero-order chi connectivity index (χ0) is 13.5. The van der Waals surface area contributed by atoms with Crippen LogP contribution in [0.25, 0.3) is 0 Å². The molecule has 0 saturated carbocycles. The lowest BCUT2D eigenvalue weighted by molar-refractivity contribution is 0.0316. The third-order valence-electron chi connectivity index (χ3n) is 3.56. The van der Waals surface area contributed by atoms with Gasteiger partial charge in [0.25, 0.3) is 0 Å². The molecule has 2 heteroatoms. The van der Waals surface area contributed by atoms with Gasteiger partial charge in [-0.1, -0.05) is 32.0 Å². The number of hydrogen-bond donors (Lipinski definition) is 1. The van der Waals surface area contributed by atoms with Gasteiger partial charge in [-0.2, -0.15) is 0 Å². The molecule has 102 valence electrons. The van der Waals surface area contributed by atoms with Crippen LogP contribution in [0.15, 0.2) is 18.2 Å². The molecule has 2 atom stereocenters. The quantitative estimate of drug-likeness (QED) is 0.794. The van der Waals surface area contributed by atoms with E-state index in [1.807, 2.05) is 0 Å². The third kappa shape index (κ3) is 3.56. The highest BCUT2D eigenvalue weighted by Crippen LogP contribution is 2.26. The maximum Gasteiger partial charge on any atom is 0.0767 e. The van der Waals surface area contributed by atoms with Gasteiger partial charge in [0.1, 0.15) is 0 Å². The van der Waals surface area contributed by atoms with E-state index in [0.29, 0.717) is 6.04 Å². The van der Waals surface area contributed by atoms with Gasteiger partial charge in [0.2, 0.25) is 0 Å². The summed E-state index contributed by atoms with van der Waals surface area (Å²) in [6, 6.07) is 6.82. The van der Waals surface area contributed by atoms with Crippen LogP contribution in [0.5, 0.6) is 0 Å². The molecule has 1 N–H and O–H groups in total. The summed E-state index contributed by atoms with van der Waals surface area (Å²) in [6.07, 6.45) is 1.27. The van der Waals surface area contributed by atoms with Crippen LogP contribution in [0.2, 0.25) is 0 Å². The van der Waals surface area contributed by atoms with Crippen LogP contribution in [0, 0.1) is 13.8 Å². The number of ether oxygens (including phenoxy) is 1. The lowest BCUT2D eigenvalue weighted by atomic mass is 9.93. The van der Waals surface area contributed by atoms with Gasteiger partial charge < -0.3 is 10.1 Å². The zero-order valence-electron chi connectivity index (χ0n) is 12.4. The summed E-state index contributed by atoms with van der Waals surface area (Å²) in [4.78, 5) is 0. The van der Waals surface area contributed by atoms with Crippen LogP contribution in [0.1, 0.15) is 49.9 Å². The van der Waals surface area contributed by atoms with Gasteiger partial charge in [0.15, 0.2) is 0 Å². The van der Waals surface area contributed by atoms with E-state index >= 15 is 0 Å². The van der Waals surface area contributed by atoms with E-state index in [1.54, 1.807) is 0 Å². The van der Waals surface area contributed by atoms with Crippen LogP contribution in [-0.4, -0.2) is 19.3 Å². The van der Waals surface area contributed by atoms with E-state index in [9.17, 15) is 0 Å². The lowest BCUT2D eigenvalue weighted by Crippen LogP contribution is -2.34. The van der Waals surface area contributed by atoms with Crippen molar-refractivity contribution in [2.24, 2.45) is 0 Å². The van der Waals surface area contributed by atoms with Crippen molar-refractivity contribution in [2.75, 3.05) is 13.2 Å². The molecular weight excluding hydrogens is 222 g/mol. The predicted octanol–water partition coefficient (Wildman–Crippen LogP) is 3.77. The first kappa shape index (κ1) is 15.2. The molecule has 18 heavy (non-hydrogen) atoms. The van der Waals surface area contributed by atoms with E-state index in [-0.39, 0.29) is 6.10 Å². The second kappa shape index (κ2) is 7.55. The Morgan fingerprint density at radius 1 is 1.17 bits per heavy atom. The summed E-state index contributed by atoms with van der Waals surface area (Å²) < 4.78 is 5.89. The monoisotopic (exact) mass is 249 g/mol. The second-order valence-corrected chi connectivity index (χ2v) is 4.73. The Labute approximate surface area is 112 Å². The van der Waals surface area contributed by atoms with Gasteiger partial charge in [0, 0.05) is 6.61 Å². The minimum absolute atomic E-state index is 0.246. The number of aryl methyl sites for hydroxylation is 1. The van der Waals surface area contributed by atoms with Crippen LogP contribution in [-0.2, 0) is 4.74 Å². The fraction of sp³-hybridized carbons (Fsp3) is 0.625. The molecule has 1 rings (SSSR count). The summed E-state index contributed by atoms with van der Waals surface area (Å²) in [6.45, 7) is 12.5. The highest BCUT2D eigenvalue weighted by Gasteiger charge is 2.22. The summed E-state index contributed by atoms with van der Waals surface area (Å²) >= 11 is 0. The lowest BCUT2D eigenvalue weighted by Gasteiger charge is -2.29. The van der Waals surface area contributed by atoms with Crippen LogP contribution in [0.4, 0.5) is 0 Å². The minimum atomic E-state index is 0.246. The number of nitrogens with one attached hydrogen (secondary N) is 1. The molecular formula is C16H27NO. The van der Waals surface area contributed by atoms with Crippen LogP contribution in [0.3, 0.4) is 0 Å². The maximum absolute atomic E-state index is 5.89. The van der Waals surface area contributed by atoms with Crippen molar-refractivity contribution in [3.05, 3.63) is 34.9 Å². The van der Waals surface area contributed by atoms with Gasteiger partial charge in [-0.05, 0) is 50.4 Å². The molecule has 0 amide bonds. The van der Waals surface area contributed by atoms with Crippen LogP contribution < -0.4 is 5.32 Å². The molecule has 0 spiro atoms. The molecule has 0 aliphatic carbocycles. The van der Waals surface area contributed by atoms with Gasteiger partial charge in [-0.25, -0.2) is 0 Å². The van der Waals surface area contributed by atoms with E-state index in [4.69, 9.17) is 4.74 Å². The molecule has 0 heterocycles. The molecule has 1 aromatic rings. The molecule has 1 aromatic carbocycles. The van der Waals surface area contributed by atoms with Crippen molar-refractivity contribution in [2.45, 2.75) is 53.2 Å². The van der Waals surface area contributed by atoms with E-state index < -0.39 is 0 Å². The number of rotatable bonds is 7. The van der Waals surface area contributed by atoms with Gasteiger partial charge >= 0.3 is 0 Å². The normalized spacial score (nSPS) is 14.5. The summed E-state index contributed by atoms with van der Waals surface area (Å²) in [5, 5.41) is 3.58. The average Bonchev–Trinajstić information content (AvgIpc) is 2.37. The molecule has 0 bridgehead atoms. The average molecular weight is 249 g/mol. The molecule has 0 aromatic heterocycles. The van der Waals surface area contributed by atoms with Crippen molar-refractivity contribution < 1.29 is 4.74 Å². The first-order valence-electron chi connectivity index (χ1n) is 7.06. The fourth-order valence-electron chi connectivity index (χ4n) is 2.44. The van der Waals surface area contributed by atoms with Crippen LogP contribution >= 0.6 is 0 Å². The molecule has 2 nitrogen and oxygen atoms in total. The third-order valence-corrected chi connectivity index (χ3v) is 3.56. The standard InChI is InChI=1S/C16H27NO/c1-6-15(18-8-3)16(17-7-2)14-11-9-10-12(4)13(14)5/h9-11,15-17H,6-8H2,1-5H3. The Morgan fingerprint density at radius 2 is 1.89 bits per heavy atom. The molecule has 2 unspecified atom stereocenters. The summed E-state index contributed by atoms with van der Waals surface area (Å²) in [5.41, 5.74) is 4.10. The topological polar surface area (TPSA) is 21.3 Å². The Balaban J connectivity index is 3.06. The molecule has 0 aliphatic heterocycles. The van der Waals surface area contributed by atoms with E-state index in [0.717, 1.165) is 19.6 Å².